The molecule has 0 saturated heterocycles. The molecule has 0 rings (SSSR count). The molecule has 3 N–H and O–H groups in total. The predicted octanol–water partition coefficient (Wildman–Crippen LogP) is 1.89. The van der Waals surface area contributed by atoms with Gasteiger partial charge >= 0.3 is 12.0 Å². The highest BCUT2D eigenvalue weighted by atomic mass is 16.4. The summed E-state index contributed by atoms with van der Waals surface area (Å²) in [5, 5.41) is 13.4. The van der Waals surface area contributed by atoms with E-state index in [0.717, 1.165) is 0 Å². The van der Waals surface area contributed by atoms with Crippen molar-refractivity contribution < 1.29 is 19.5 Å². The molecule has 0 spiro atoms. The average Bonchev–Trinajstić information content (AvgIpc) is 2.22. The first kappa shape index (κ1) is 17.4. The second kappa shape index (κ2) is 7.76. The van der Waals surface area contributed by atoms with E-state index in [4.69, 9.17) is 5.11 Å². The molecule has 0 aromatic carbocycles. The first-order chi connectivity index (χ1) is 8.62. The van der Waals surface area contributed by atoms with Gasteiger partial charge in [-0.1, -0.05) is 20.8 Å². The highest BCUT2D eigenvalue weighted by Gasteiger charge is 2.22. The summed E-state index contributed by atoms with van der Waals surface area (Å²) >= 11 is 0. The summed E-state index contributed by atoms with van der Waals surface area (Å²) in [5.41, 5.74) is -0.0815. The van der Waals surface area contributed by atoms with Gasteiger partial charge in [0.2, 0.25) is 5.91 Å². The third-order valence-electron chi connectivity index (χ3n) is 2.94. The molecule has 1 atom stereocenters. The van der Waals surface area contributed by atoms with Gasteiger partial charge in [-0.25, -0.2) is 4.79 Å². The summed E-state index contributed by atoms with van der Waals surface area (Å²) in [5.74, 6) is -1.26. The Morgan fingerprint density at radius 3 is 2.11 bits per heavy atom. The number of unbranched alkanes of at least 4 members (excludes halogenated alkanes) is 1. The summed E-state index contributed by atoms with van der Waals surface area (Å²) in [6, 6.07) is -0.571. The van der Waals surface area contributed by atoms with Gasteiger partial charge in [-0.3, -0.25) is 14.9 Å². The first-order valence-electron chi connectivity index (χ1n) is 6.45. The average molecular weight is 272 g/mol. The summed E-state index contributed by atoms with van der Waals surface area (Å²) in [6.45, 7) is 7.85. The molecule has 0 fully saturated rings. The minimum Gasteiger partial charge on any atom is -0.481 e. The van der Waals surface area contributed by atoms with Gasteiger partial charge in [0.05, 0.1) is 0 Å². The van der Waals surface area contributed by atoms with E-state index in [9.17, 15) is 14.4 Å². The zero-order valence-electron chi connectivity index (χ0n) is 12.1. The molecule has 19 heavy (non-hydrogen) atoms. The molecule has 0 bridgehead atoms. The molecular formula is C13H24N2O4. The van der Waals surface area contributed by atoms with E-state index in [-0.39, 0.29) is 30.2 Å². The SMILES string of the molecule is CC(NC(=O)NC(=O)CCCCC(=O)O)C(C)(C)C. The predicted molar refractivity (Wildman–Crippen MR) is 71.7 cm³/mol. The van der Waals surface area contributed by atoms with E-state index in [0.29, 0.717) is 12.8 Å². The number of urea groups is 1. The Kier molecular flexibility index (Phi) is 7.11. The number of aliphatic carboxylic acids is 1. The van der Waals surface area contributed by atoms with Crippen molar-refractivity contribution in [2.75, 3.05) is 0 Å². The lowest BCUT2D eigenvalue weighted by molar-refractivity contribution is -0.137. The van der Waals surface area contributed by atoms with E-state index in [1.165, 1.54) is 0 Å². The number of hydrogen-bond acceptors (Lipinski definition) is 3. The van der Waals surface area contributed by atoms with Gasteiger partial charge in [0.15, 0.2) is 0 Å². The number of hydrogen-bond donors (Lipinski definition) is 3. The molecule has 0 aliphatic heterocycles. The molecular weight excluding hydrogens is 248 g/mol. The van der Waals surface area contributed by atoms with Gasteiger partial charge in [-0.05, 0) is 25.2 Å². The van der Waals surface area contributed by atoms with Gasteiger partial charge in [0.1, 0.15) is 0 Å². The molecule has 110 valence electrons. The lowest BCUT2D eigenvalue weighted by Gasteiger charge is -2.27. The normalized spacial score (nSPS) is 12.6. The van der Waals surface area contributed by atoms with Crippen LogP contribution in [-0.2, 0) is 9.59 Å². The lowest BCUT2D eigenvalue weighted by Crippen LogP contribution is -2.47. The summed E-state index contributed by atoms with van der Waals surface area (Å²) in [6.07, 6.45) is 1.09. The number of carboxylic acids is 1. The highest BCUT2D eigenvalue weighted by molar-refractivity contribution is 5.94. The number of carbonyl (C=O) groups is 3. The quantitative estimate of drug-likeness (QED) is 0.643. The number of amides is 3. The van der Waals surface area contributed by atoms with E-state index in [1.807, 2.05) is 27.7 Å². The topological polar surface area (TPSA) is 95.5 Å². The molecule has 0 heterocycles. The third kappa shape index (κ3) is 9.04. The largest absolute Gasteiger partial charge is 0.481 e. The van der Waals surface area contributed by atoms with E-state index in [2.05, 4.69) is 10.6 Å². The van der Waals surface area contributed by atoms with Crippen LogP contribution in [0.15, 0.2) is 0 Å². The van der Waals surface area contributed by atoms with Crippen LogP contribution in [0.2, 0.25) is 0 Å². The zero-order valence-corrected chi connectivity index (χ0v) is 12.1. The van der Waals surface area contributed by atoms with Crippen molar-refractivity contribution in [3.63, 3.8) is 0 Å². The van der Waals surface area contributed by atoms with Gasteiger partial charge in [0, 0.05) is 18.9 Å². The van der Waals surface area contributed by atoms with Crippen LogP contribution in [0, 0.1) is 5.41 Å². The van der Waals surface area contributed by atoms with Crippen molar-refractivity contribution in [1.82, 2.24) is 10.6 Å². The zero-order chi connectivity index (χ0) is 15.1. The Morgan fingerprint density at radius 1 is 1.11 bits per heavy atom. The third-order valence-corrected chi connectivity index (χ3v) is 2.94. The second-order valence-electron chi connectivity index (χ2n) is 5.71. The van der Waals surface area contributed by atoms with Gasteiger partial charge in [-0.2, -0.15) is 0 Å². The number of nitrogens with one attached hydrogen (secondary N) is 2. The fourth-order valence-electron chi connectivity index (χ4n) is 1.20. The first-order valence-corrected chi connectivity index (χ1v) is 6.45. The number of carbonyl (C=O) groups excluding carboxylic acids is 2. The molecule has 3 amide bonds. The van der Waals surface area contributed by atoms with Crippen molar-refractivity contribution in [3.05, 3.63) is 0 Å². The molecule has 1 unspecified atom stereocenters. The molecule has 0 radical (unpaired) electrons. The number of imide groups is 1. The molecule has 0 aromatic rings. The van der Waals surface area contributed by atoms with Crippen LogP contribution in [0.1, 0.15) is 53.4 Å². The second-order valence-corrected chi connectivity index (χ2v) is 5.71. The molecule has 6 heteroatoms. The fourth-order valence-corrected chi connectivity index (χ4v) is 1.20. The van der Waals surface area contributed by atoms with E-state index in [1.54, 1.807) is 0 Å². The van der Waals surface area contributed by atoms with Crippen LogP contribution in [0.5, 0.6) is 0 Å². The minimum absolute atomic E-state index is 0.0422. The Hall–Kier alpha value is -1.59. The fraction of sp³-hybridized carbons (Fsp3) is 0.769. The molecule has 0 aliphatic rings. The summed E-state index contributed by atoms with van der Waals surface area (Å²) in [4.78, 5) is 33.2. The van der Waals surface area contributed by atoms with Gasteiger partial charge in [-0.15, -0.1) is 0 Å². The molecule has 0 aliphatic carbocycles. The maximum absolute atomic E-state index is 11.5. The maximum Gasteiger partial charge on any atom is 0.321 e. The Bertz CT molecular complexity index is 334. The van der Waals surface area contributed by atoms with E-state index >= 15 is 0 Å². The monoisotopic (exact) mass is 272 g/mol. The Morgan fingerprint density at radius 2 is 1.63 bits per heavy atom. The number of rotatable bonds is 6. The lowest BCUT2D eigenvalue weighted by atomic mass is 9.88. The van der Waals surface area contributed by atoms with E-state index < -0.39 is 12.0 Å². The van der Waals surface area contributed by atoms with Crippen LogP contribution in [0.25, 0.3) is 0 Å². The van der Waals surface area contributed by atoms with Crippen molar-refractivity contribution in [2.45, 2.75) is 59.4 Å². The highest BCUT2D eigenvalue weighted by Crippen LogP contribution is 2.18. The smallest absolute Gasteiger partial charge is 0.321 e. The van der Waals surface area contributed by atoms with Crippen molar-refractivity contribution in [3.8, 4) is 0 Å². The molecule has 0 aromatic heterocycles. The van der Waals surface area contributed by atoms with Crippen LogP contribution in [0.4, 0.5) is 4.79 Å². The molecule has 6 nitrogen and oxygen atoms in total. The van der Waals surface area contributed by atoms with Crippen LogP contribution < -0.4 is 10.6 Å². The maximum atomic E-state index is 11.5. The molecule has 0 saturated carbocycles. The van der Waals surface area contributed by atoms with Crippen LogP contribution >= 0.6 is 0 Å². The Balaban J connectivity index is 3.87. The minimum atomic E-state index is -0.878. The van der Waals surface area contributed by atoms with Gasteiger partial charge < -0.3 is 10.4 Å². The standard InChI is InChI=1S/C13H24N2O4/c1-9(13(2,3)4)14-12(19)15-10(16)7-5-6-8-11(17)18/h9H,5-8H2,1-4H3,(H,17,18)(H2,14,15,16,19). The van der Waals surface area contributed by atoms with Crippen LogP contribution in [-0.4, -0.2) is 29.1 Å². The van der Waals surface area contributed by atoms with Crippen LogP contribution in [0.3, 0.4) is 0 Å². The van der Waals surface area contributed by atoms with Crippen molar-refractivity contribution >= 4 is 17.9 Å². The van der Waals surface area contributed by atoms with Gasteiger partial charge in [0.25, 0.3) is 0 Å². The van der Waals surface area contributed by atoms with Crippen molar-refractivity contribution in [1.29, 1.82) is 0 Å². The number of carboxylic acid groups (broad SMARTS) is 1. The Labute approximate surface area is 113 Å². The summed E-state index contributed by atoms with van der Waals surface area (Å²) in [7, 11) is 0. The summed E-state index contributed by atoms with van der Waals surface area (Å²) < 4.78 is 0. The van der Waals surface area contributed by atoms with Crippen molar-refractivity contribution in [2.24, 2.45) is 5.41 Å².